The van der Waals surface area contributed by atoms with Gasteiger partial charge in [0, 0.05) is 26.2 Å². The highest BCUT2D eigenvalue weighted by Gasteiger charge is 2.18. The molecule has 0 saturated carbocycles. The van der Waals surface area contributed by atoms with Crippen molar-refractivity contribution in [3.8, 4) is 0 Å². The molecule has 0 aliphatic carbocycles. The lowest BCUT2D eigenvalue weighted by atomic mass is 10.4. The molecule has 17 heavy (non-hydrogen) atoms. The second-order valence-electron chi connectivity index (χ2n) is 3.93. The minimum Gasteiger partial charge on any atom is -0.378 e. The Morgan fingerprint density at radius 1 is 0.765 bits per heavy atom. The smallest absolute Gasteiger partial charge is 0.175 e. The van der Waals surface area contributed by atoms with Gasteiger partial charge in [0.05, 0.1) is 26.4 Å². The van der Waals surface area contributed by atoms with Crippen molar-refractivity contribution in [2.24, 2.45) is 0 Å². The van der Waals surface area contributed by atoms with Gasteiger partial charge in [0.15, 0.2) is 10.2 Å². The maximum Gasteiger partial charge on any atom is 0.175 e. The van der Waals surface area contributed by atoms with Gasteiger partial charge in [-0.1, -0.05) is 0 Å². The van der Waals surface area contributed by atoms with E-state index in [0.717, 1.165) is 52.6 Å². The van der Waals surface area contributed by atoms with Crippen LogP contribution in [0.4, 0.5) is 0 Å². The molecule has 2 aliphatic rings. The molecule has 2 rings (SSSR count). The minimum absolute atomic E-state index is 0.699. The summed E-state index contributed by atoms with van der Waals surface area (Å²) >= 11 is 10.7. The lowest BCUT2D eigenvalue weighted by Gasteiger charge is -2.33. The van der Waals surface area contributed by atoms with E-state index in [1.54, 1.807) is 0 Å². The molecule has 0 aromatic heterocycles. The molecule has 0 aromatic carbocycles. The summed E-state index contributed by atoms with van der Waals surface area (Å²) in [6.07, 6.45) is 0. The number of nitrogens with one attached hydrogen (secondary N) is 1. The molecule has 0 amide bonds. The van der Waals surface area contributed by atoms with Gasteiger partial charge in [-0.15, -0.1) is 0 Å². The van der Waals surface area contributed by atoms with Gasteiger partial charge in [-0.3, -0.25) is 0 Å². The quantitative estimate of drug-likeness (QED) is 0.614. The van der Waals surface area contributed by atoms with Crippen LogP contribution in [0, 0.1) is 0 Å². The SMILES string of the molecule is S=C(NC(=S)N1CCOCC1)N1CCOCC1. The number of rotatable bonds is 0. The van der Waals surface area contributed by atoms with E-state index in [4.69, 9.17) is 33.9 Å². The topological polar surface area (TPSA) is 37.0 Å². The van der Waals surface area contributed by atoms with Crippen molar-refractivity contribution in [2.45, 2.75) is 0 Å². The summed E-state index contributed by atoms with van der Waals surface area (Å²) in [7, 11) is 0. The van der Waals surface area contributed by atoms with Crippen LogP contribution in [-0.4, -0.2) is 72.6 Å². The van der Waals surface area contributed by atoms with Crippen molar-refractivity contribution in [1.29, 1.82) is 0 Å². The number of morpholine rings is 2. The van der Waals surface area contributed by atoms with Crippen molar-refractivity contribution in [1.82, 2.24) is 15.1 Å². The van der Waals surface area contributed by atoms with Crippen LogP contribution in [-0.2, 0) is 9.47 Å². The molecule has 2 heterocycles. The molecular formula is C10H17N3O2S2. The number of hydrogen-bond acceptors (Lipinski definition) is 4. The van der Waals surface area contributed by atoms with Gasteiger partial charge in [0.1, 0.15) is 0 Å². The second-order valence-corrected chi connectivity index (χ2v) is 4.71. The van der Waals surface area contributed by atoms with Gasteiger partial charge in [0.2, 0.25) is 0 Å². The van der Waals surface area contributed by atoms with Crippen molar-refractivity contribution >= 4 is 34.7 Å². The van der Waals surface area contributed by atoms with Gasteiger partial charge >= 0.3 is 0 Å². The summed E-state index contributed by atoms with van der Waals surface area (Å²) in [6, 6.07) is 0. The second kappa shape index (κ2) is 6.44. The zero-order chi connectivity index (χ0) is 12.1. The van der Waals surface area contributed by atoms with Crippen LogP contribution >= 0.6 is 24.4 Å². The average molecular weight is 275 g/mol. The highest BCUT2D eigenvalue weighted by molar-refractivity contribution is 7.81. The summed E-state index contributed by atoms with van der Waals surface area (Å²) in [5.41, 5.74) is 0. The summed E-state index contributed by atoms with van der Waals surface area (Å²) in [5, 5.41) is 4.52. The van der Waals surface area contributed by atoms with E-state index >= 15 is 0 Å². The van der Waals surface area contributed by atoms with Crippen molar-refractivity contribution in [2.75, 3.05) is 52.6 Å². The van der Waals surface area contributed by atoms with Crippen LogP contribution in [0.25, 0.3) is 0 Å². The Hall–Kier alpha value is -0.500. The van der Waals surface area contributed by atoms with E-state index in [1.807, 2.05) is 0 Å². The van der Waals surface area contributed by atoms with Gasteiger partial charge in [-0.2, -0.15) is 0 Å². The Kier molecular flexibility index (Phi) is 4.90. The standard InChI is InChI=1S/C10H17N3O2S2/c16-9(12-1-5-14-6-2-12)11-10(17)13-3-7-15-8-4-13/h1-8H2,(H,11,16,17). The number of nitrogens with zero attached hydrogens (tertiary/aromatic N) is 2. The highest BCUT2D eigenvalue weighted by atomic mass is 32.1. The van der Waals surface area contributed by atoms with E-state index in [1.165, 1.54) is 0 Å². The molecule has 7 heteroatoms. The Morgan fingerprint density at radius 3 is 1.47 bits per heavy atom. The molecule has 0 atom stereocenters. The molecule has 2 aliphatic heterocycles. The van der Waals surface area contributed by atoms with E-state index < -0.39 is 0 Å². The van der Waals surface area contributed by atoms with Gasteiger partial charge in [-0.05, 0) is 24.4 Å². The van der Waals surface area contributed by atoms with E-state index in [0.29, 0.717) is 10.2 Å². The number of hydrogen-bond donors (Lipinski definition) is 1. The Bertz CT molecular complexity index is 261. The Labute approximate surface area is 112 Å². The molecule has 0 unspecified atom stereocenters. The summed E-state index contributed by atoms with van der Waals surface area (Å²) in [4.78, 5) is 4.18. The molecular weight excluding hydrogens is 258 g/mol. The summed E-state index contributed by atoms with van der Waals surface area (Å²) < 4.78 is 10.6. The van der Waals surface area contributed by atoms with Crippen LogP contribution in [0.5, 0.6) is 0 Å². The van der Waals surface area contributed by atoms with Crippen molar-refractivity contribution in [3.63, 3.8) is 0 Å². The number of thiocarbonyl (C=S) groups is 2. The fourth-order valence-corrected chi connectivity index (χ4v) is 2.41. The third-order valence-corrected chi connectivity index (χ3v) is 3.53. The van der Waals surface area contributed by atoms with Gasteiger partial charge < -0.3 is 24.6 Å². The Balaban J connectivity index is 1.78. The zero-order valence-corrected chi connectivity index (χ0v) is 11.3. The molecule has 2 fully saturated rings. The zero-order valence-electron chi connectivity index (χ0n) is 9.68. The fraction of sp³-hybridized carbons (Fsp3) is 0.800. The van der Waals surface area contributed by atoms with Crippen LogP contribution in [0.2, 0.25) is 0 Å². The first kappa shape index (κ1) is 12.9. The molecule has 5 nitrogen and oxygen atoms in total. The average Bonchev–Trinajstić information content (AvgIpc) is 2.40. The lowest BCUT2D eigenvalue weighted by Crippen LogP contribution is -2.53. The minimum atomic E-state index is 0.699. The van der Waals surface area contributed by atoms with Crippen LogP contribution in [0.15, 0.2) is 0 Å². The first-order chi connectivity index (χ1) is 8.27. The normalized spacial score (nSPS) is 21.2. The maximum atomic E-state index is 5.33. The highest BCUT2D eigenvalue weighted by Crippen LogP contribution is 2.01. The monoisotopic (exact) mass is 275 g/mol. The predicted molar refractivity (Wildman–Crippen MR) is 73.1 cm³/mol. The first-order valence-electron chi connectivity index (χ1n) is 5.78. The molecule has 96 valence electrons. The van der Waals surface area contributed by atoms with Crippen LogP contribution in [0.3, 0.4) is 0 Å². The fourth-order valence-electron chi connectivity index (χ4n) is 1.78. The van der Waals surface area contributed by atoms with E-state index in [2.05, 4.69) is 15.1 Å². The van der Waals surface area contributed by atoms with E-state index in [9.17, 15) is 0 Å². The lowest BCUT2D eigenvalue weighted by molar-refractivity contribution is 0.0654. The largest absolute Gasteiger partial charge is 0.378 e. The molecule has 2 saturated heterocycles. The molecule has 1 N–H and O–H groups in total. The molecule has 0 radical (unpaired) electrons. The summed E-state index contributed by atoms with van der Waals surface area (Å²) in [6.45, 7) is 6.24. The van der Waals surface area contributed by atoms with Crippen molar-refractivity contribution in [3.05, 3.63) is 0 Å². The molecule has 0 bridgehead atoms. The van der Waals surface area contributed by atoms with Gasteiger partial charge in [0.25, 0.3) is 0 Å². The third-order valence-electron chi connectivity index (χ3n) is 2.81. The molecule has 0 aromatic rings. The van der Waals surface area contributed by atoms with Crippen LogP contribution < -0.4 is 5.32 Å². The van der Waals surface area contributed by atoms with Gasteiger partial charge in [-0.25, -0.2) is 0 Å². The van der Waals surface area contributed by atoms with Crippen molar-refractivity contribution < 1.29 is 9.47 Å². The molecule has 0 spiro atoms. The van der Waals surface area contributed by atoms with E-state index in [-0.39, 0.29) is 0 Å². The Morgan fingerprint density at radius 2 is 1.12 bits per heavy atom. The summed E-state index contributed by atoms with van der Waals surface area (Å²) in [5.74, 6) is 0. The van der Waals surface area contributed by atoms with Crippen LogP contribution in [0.1, 0.15) is 0 Å². The maximum absolute atomic E-state index is 5.33. The first-order valence-corrected chi connectivity index (χ1v) is 6.59. The third kappa shape index (κ3) is 3.74. The number of ether oxygens (including phenoxy) is 2. The predicted octanol–water partition coefficient (Wildman–Crippen LogP) is -0.190.